The Morgan fingerprint density at radius 1 is 1.29 bits per heavy atom. The first-order valence-corrected chi connectivity index (χ1v) is 5.80. The molecule has 0 aromatic rings. The fourth-order valence-electron chi connectivity index (χ4n) is 2.75. The van der Waals surface area contributed by atoms with Gasteiger partial charge in [-0.1, -0.05) is 0 Å². The second-order valence-electron chi connectivity index (χ2n) is 4.37. The smallest absolute Gasteiger partial charge is 0.172 e. The second kappa shape index (κ2) is 3.62. The van der Waals surface area contributed by atoms with Crippen LogP contribution < -0.4 is 16.4 Å². The van der Waals surface area contributed by atoms with Gasteiger partial charge in [-0.3, -0.25) is 0 Å². The maximum absolute atomic E-state index is 5.36. The van der Waals surface area contributed by atoms with Crippen LogP contribution in [-0.2, 0) is 0 Å². The zero-order valence-electron chi connectivity index (χ0n) is 8.01. The molecule has 2 fully saturated rings. The van der Waals surface area contributed by atoms with E-state index in [4.69, 9.17) is 30.2 Å². The first kappa shape index (κ1) is 10.1. The van der Waals surface area contributed by atoms with Crippen LogP contribution in [0.4, 0.5) is 0 Å². The standard InChI is InChI=1S/C9H15N3S2/c10-7(13)11-8(14)12-9-3-1-6(5-9)2-4-9/h6H,1-5H2,(H4,10,11,12,13,14). The van der Waals surface area contributed by atoms with Crippen LogP contribution in [0.3, 0.4) is 0 Å². The van der Waals surface area contributed by atoms with Gasteiger partial charge in [0, 0.05) is 5.54 Å². The Bertz CT molecular complexity index is 269. The van der Waals surface area contributed by atoms with Crippen LogP contribution in [0.1, 0.15) is 32.1 Å². The largest absolute Gasteiger partial charge is 0.376 e. The van der Waals surface area contributed by atoms with Gasteiger partial charge in [0.05, 0.1) is 0 Å². The molecule has 0 spiro atoms. The molecule has 0 atom stereocenters. The van der Waals surface area contributed by atoms with E-state index in [-0.39, 0.29) is 10.7 Å². The van der Waals surface area contributed by atoms with Crippen molar-refractivity contribution in [1.82, 2.24) is 10.6 Å². The Morgan fingerprint density at radius 3 is 2.36 bits per heavy atom. The summed E-state index contributed by atoms with van der Waals surface area (Å²) in [5.41, 5.74) is 5.60. The summed E-state index contributed by atoms with van der Waals surface area (Å²) in [5, 5.41) is 6.97. The summed E-state index contributed by atoms with van der Waals surface area (Å²) >= 11 is 9.87. The number of nitrogens with two attached hydrogens (primary N) is 1. The molecule has 0 radical (unpaired) electrons. The summed E-state index contributed by atoms with van der Waals surface area (Å²) in [6.45, 7) is 0. The topological polar surface area (TPSA) is 50.1 Å². The van der Waals surface area contributed by atoms with Crippen molar-refractivity contribution in [1.29, 1.82) is 0 Å². The fraction of sp³-hybridized carbons (Fsp3) is 0.778. The molecule has 0 aromatic heterocycles. The Hall–Kier alpha value is -0.420. The lowest BCUT2D eigenvalue weighted by Gasteiger charge is -2.29. The van der Waals surface area contributed by atoms with Gasteiger partial charge in [-0.2, -0.15) is 0 Å². The highest BCUT2D eigenvalue weighted by atomic mass is 32.1. The van der Waals surface area contributed by atoms with Crippen molar-refractivity contribution in [3.63, 3.8) is 0 Å². The van der Waals surface area contributed by atoms with Crippen molar-refractivity contribution in [3.8, 4) is 0 Å². The average Bonchev–Trinajstić information content (AvgIpc) is 2.60. The Balaban J connectivity index is 1.90. The van der Waals surface area contributed by atoms with Crippen LogP contribution in [0.2, 0.25) is 0 Å². The van der Waals surface area contributed by atoms with Crippen molar-refractivity contribution >= 4 is 34.7 Å². The van der Waals surface area contributed by atoms with Gasteiger partial charge in [0.1, 0.15) is 0 Å². The molecule has 0 heterocycles. The fourth-order valence-corrected chi connectivity index (χ4v) is 3.24. The van der Waals surface area contributed by atoms with Gasteiger partial charge in [0.25, 0.3) is 0 Å². The highest BCUT2D eigenvalue weighted by Gasteiger charge is 2.45. The van der Waals surface area contributed by atoms with Crippen molar-refractivity contribution in [2.24, 2.45) is 11.7 Å². The van der Waals surface area contributed by atoms with E-state index in [0.717, 1.165) is 5.92 Å². The molecule has 4 N–H and O–H groups in total. The molecule has 2 aliphatic rings. The molecule has 0 aromatic carbocycles. The molecule has 2 aliphatic carbocycles. The maximum Gasteiger partial charge on any atom is 0.172 e. The molecular formula is C9H15N3S2. The molecule has 2 bridgehead atoms. The molecule has 5 heteroatoms. The predicted octanol–water partition coefficient (Wildman–Crippen LogP) is 1.03. The van der Waals surface area contributed by atoms with Gasteiger partial charge in [0.2, 0.25) is 0 Å². The molecule has 0 saturated heterocycles. The van der Waals surface area contributed by atoms with Crippen LogP contribution in [0.5, 0.6) is 0 Å². The van der Waals surface area contributed by atoms with Crippen LogP contribution >= 0.6 is 24.4 Å². The first-order valence-electron chi connectivity index (χ1n) is 4.98. The van der Waals surface area contributed by atoms with Crippen LogP contribution in [0.25, 0.3) is 0 Å². The highest BCUT2D eigenvalue weighted by Crippen LogP contribution is 2.47. The van der Waals surface area contributed by atoms with Gasteiger partial charge in [-0.25, -0.2) is 0 Å². The van der Waals surface area contributed by atoms with Gasteiger partial charge in [0.15, 0.2) is 10.2 Å². The highest BCUT2D eigenvalue weighted by molar-refractivity contribution is 7.81. The Labute approximate surface area is 94.8 Å². The lowest BCUT2D eigenvalue weighted by atomic mass is 9.94. The first-order chi connectivity index (χ1) is 6.60. The van der Waals surface area contributed by atoms with Crippen LogP contribution in [0, 0.1) is 5.92 Å². The Kier molecular flexibility index (Phi) is 2.62. The maximum atomic E-state index is 5.36. The summed E-state index contributed by atoms with van der Waals surface area (Å²) in [4.78, 5) is 0. The number of hydrogen-bond donors (Lipinski definition) is 3. The van der Waals surface area contributed by atoms with E-state index in [0.29, 0.717) is 5.11 Å². The molecule has 2 rings (SSSR count). The molecule has 0 unspecified atom stereocenters. The van der Waals surface area contributed by atoms with Gasteiger partial charge in [-0.05, 0) is 62.5 Å². The minimum atomic E-state index is 0.242. The number of fused-ring (bicyclic) bond motifs is 2. The van der Waals surface area contributed by atoms with E-state index < -0.39 is 0 Å². The second-order valence-corrected chi connectivity index (χ2v) is 5.22. The van der Waals surface area contributed by atoms with Gasteiger partial charge in [-0.15, -0.1) is 0 Å². The van der Waals surface area contributed by atoms with Crippen LogP contribution in [0.15, 0.2) is 0 Å². The van der Waals surface area contributed by atoms with E-state index in [1.54, 1.807) is 0 Å². The number of nitrogens with one attached hydrogen (secondary N) is 2. The van der Waals surface area contributed by atoms with E-state index in [9.17, 15) is 0 Å². The van der Waals surface area contributed by atoms with Gasteiger partial charge >= 0.3 is 0 Å². The lowest BCUT2D eigenvalue weighted by Crippen LogP contribution is -2.51. The minimum Gasteiger partial charge on any atom is -0.376 e. The van der Waals surface area contributed by atoms with Gasteiger partial charge < -0.3 is 16.4 Å². The molecule has 14 heavy (non-hydrogen) atoms. The number of rotatable bonds is 1. The summed E-state index contributed by atoms with van der Waals surface area (Å²) < 4.78 is 0. The minimum absolute atomic E-state index is 0.242. The third-order valence-corrected chi connectivity index (χ3v) is 3.66. The van der Waals surface area contributed by atoms with E-state index in [2.05, 4.69) is 10.6 Å². The normalized spacial score (nSPS) is 34.1. The van der Waals surface area contributed by atoms with Crippen molar-refractivity contribution in [3.05, 3.63) is 0 Å². The monoisotopic (exact) mass is 229 g/mol. The molecule has 2 saturated carbocycles. The summed E-state index contributed by atoms with van der Waals surface area (Å²) in [5.74, 6) is 0.912. The SMILES string of the molecule is NC(=S)NC(=S)NC12CCC(CC1)C2. The molecular weight excluding hydrogens is 214 g/mol. The molecule has 78 valence electrons. The summed E-state index contributed by atoms with van der Waals surface area (Å²) in [7, 11) is 0. The zero-order chi connectivity index (χ0) is 10.2. The van der Waals surface area contributed by atoms with Crippen molar-refractivity contribution in [2.45, 2.75) is 37.6 Å². The third-order valence-electron chi connectivity index (χ3n) is 3.36. The van der Waals surface area contributed by atoms with Crippen molar-refractivity contribution < 1.29 is 0 Å². The van der Waals surface area contributed by atoms with Crippen molar-refractivity contribution in [2.75, 3.05) is 0 Å². The Morgan fingerprint density at radius 2 is 1.93 bits per heavy atom. The number of thiocarbonyl (C=S) groups is 2. The lowest BCUT2D eigenvalue weighted by molar-refractivity contribution is 0.379. The molecule has 3 nitrogen and oxygen atoms in total. The van der Waals surface area contributed by atoms with E-state index in [1.807, 2.05) is 0 Å². The molecule has 0 amide bonds. The molecule has 0 aliphatic heterocycles. The predicted molar refractivity (Wildman–Crippen MR) is 65.0 cm³/mol. The number of hydrogen-bond acceptors (Lipinski definition) is 2. The zero-order valence-corrected chi connectivity index (χ0v) is 9.64. The van der Waals surface area contributed by atoms with E-state index in [1.165, 1.54) is 32.1 Å². The quantitative estimate of drug-likeness (QED) is 0.586. The third kappa shape index (κ3) is 1.98. The van der Waals surface area contributed by atoms with Crippen LogP contribution in [-0.4, -0.2) is 15.8 Å². The van der Waals surface area contributed by atoms with E-state index >= 15 is 0 Å². The summed E-state index contributed by atoms with van der Waals surface area (Å²) in [6.07, 6.45) is 6.39. The average molecular weight is 229 g/mol. The summed E-state index contributed by atoms with van der Waals surface area (Å²) in [6, 6.07) is 0.